The van der Waals surface area contributed by atoms with E-state index in [4.69, 9.17) is 49.0 Å². The van der Waals surface area contributed by atoms with Gasteiger partial charge < -0.3 is 20.9 Å². The lowest BCUT2D eigenvalue weighted by Gasteiger charge is -2.14. The highest BCUT2D eigenvalue weighted by Crippen LogP contribution is 2.27. The molecule has 13 heteroatoms. The number of carbonyl (C=O) groups is 2. The molecule has 0 saturated carbocycles. The first-order valence-electron chi connectivity index (χ1n) is 13.3. The van der Waals surface area contributed by atoms with Crippen LogP contribution in [0.5, 0.6) is 11.5 Å². The zero-order valence-corrected chi connectivity index (χ0v) is 28.0. The molecule has 0 aliphatic heterocycles. The molecular weight excluding hydrogens is 695 g/mol. The maximum absolute atomic E-state index is 13.2. The van der Waals surface area contributed by atoms with E-state index >= 15 is 0 Å². The van der Waals surface area contributed by atoms with Crippen LogP contribution in [0.3, 0.4) is 0 Å². The molecule has 0 heterocycles. The molecule has 1 amide bonds. The number of halogens is 5. The first-order chi connectivity index (χ1) is 21.3. The normalized spacial score (nSPS) is 10.1. The predicted octanol–water partition coefficient (Wildman–Crippen LogP) is 8.23. The monoisotopic (exact) mass is 725 g/mol. The highest BCUT2D eigenvalue weighted by Gasteiger charge is 2.18. The summed E-state index contributed by atoms with van der Waals surface area (Å²) in [7, 11) is 2.90. The number of amides is 1. The van der Waals surface area contributed by atoms with Gasteiger partial charge in [0.25, 0.3) is 5.91 Å². The molecule has 8 nitrogen and oxygen atoms in total. The first kappa shape index (κ1) is 37.3. The summed E-state index contributed by atoms with van der Waals surface area (Å²) in [6, 6.07) is 17.5. The van der Waals surface area contributed by atoms with E-state index in [2.05, 4.69) is 15.9 Å². The first-order valence-corrected chi connectivity index (χ1v) is 14.8. The van der Waals surface area contributed by atoms with Crippen molar-refractivity contribution in [2.45, 2.75) is 13.8 Å². The number of rotatable bonds is 8. The molecule has 240 valence electrons. The Bertz CT molecular complexity index is 1630. The topological polar surface area (TPSA) is 117 Å². The predicted molar refractivity (Wildman–Crippen MR) is 177 cm³/mol. The molecule has 0 unspecified atom stereocenters. The lowest BCUT2D eigenvalue weighted by atomic mass is 10.0. The molecule has 0 aliphatic carbocycles. The van der Waals surface area contributed by atoms with Gasteiger partial charge in [-0.1, -0.05) is 23.2 Å². The fourth-order valence-electron chi connectivity index (χ4n) is 3.54. The van der Waals surface area contributed by atoms with E-state index in [1.807, 2.05) is 6.92 Å². The molecule has 0 spiro atoms. The Morgan fingerprint density at radius 1 is 0.756 bits per heavy atom. The second-order valence-electron chi connectivity index (χ2n) is 8.86. The average Bonchev–Trinajstić information content (AvgIpc) is 3.01. The highest BCUT2D eigenvalue weighted by molar-refractivity contribution is 9.10. The fourth-order valence-corrected chi connectivity index (χ4v) is 4.24. The van der Waals surface area contributed by atoms with Crippen LogP contribution in [0.2, 0.25) is 10.0 Å². The van der Waals surface area contributed by atoms with Gasteiger partial charge in [-0.3, -0.25) is 14.4 Å². The summed E-state index contributed by atoms with van der Waals surface area (Å²) in [5.41, 5.74) is 13.0. The molecule has 45 heavy (non-hydrogen) atoms. The zero-order chi connectivity index (χ0) is 33.7. The summed E-state index contributed by atoms with van der Waals surface area (Å²) in [6.45, 7) is 4.49. The Balaban J connectivity index is 0.000000248. The van der Waals surface area contributed by atoms with Crippen LogP contribution in [0.1, 0.15) is 40.1 Å². The van der Waals surface area contributed by atoms with E-state index in [1.54, 1.807) is 37.3 Å². The molecule has 0 aromatic heterocycles. The average molecular weight is 727 g/mol. The molecule has 4 aromatic rings. The summed E-state index contributed by atoms with van der Waals surface area (Å²) >= 11 is 14.9. The molecular formula is C32H32BrCl2F2N3O5. The number of benzene rings is 4. The molecule has 4 aromatic carbocycles. The van der Waals surface area contributed by atoms with Gasteiger partial charge in [-0.15, -0.1) is 0 Å². The zero-order valence-electron chi connectivity index (χ0n) is 24.9. The molecule has 0 radical (unpaired) electrons. The van der Waals surface area contributed by atoms with Crippen molar-refractivity contribution in [3.8, 4) is 11.5 Å². The van der Waals surface area contributed by atoms with Crippen LogP contribution < -0.4 is 20.9 Å². The van der Waals surface area contributed by atoms with Crippen LogP contribution in [0.25, 0.3) is 0 Å². The highest BCUT2D eigenvalue weighted by atomic mass is 79.9. The van der Waals surface area contributed by atoms with E-state index < -0.39 is 5.82 Å². The molecule has 0 saturated heterocycles. The van der Waals surface area contributed by atoms with E-state index in [9.17, 15) is 18.4 Å². The minimum absolute atomic E-state index is 0.192. The number of nitrogen functional groups attached to an aromatic ring is 2. The van der Waals surface area contributed by atoms with Crippen molar-refractivity contribution in [1.29, 1.82) is 0 Å². The standard InChI is InChI=1S/C15H13ClFNO2.C9H11ClN2O2.C8H8BrFO/c1-2-20-14-8-10(17)4-5-11(14)15(19)12-7-9(16)3-6-13(12)18;1-12(14-2)9(13)7-5-6(10)3-4-8(7)11;1-2-11-8-5-6(10)3-4-7(8)9/h3-8H,2,18H2,1H3;3-5H,11H2,1-2H3;3-5H,2H2,1H3. The summed E-state index contributed by atoms with van der Waals surface area (Å²) < 4.78 is 37.0. The lowest BCUT2D eigenvalue weighted by molar-refractivity contribution is -0.0756. The third-order valence-corrected chi connectivity index (χ3v) is 6.87. The van der Waals surface area contributed by atoms with E-state index in [0.29, 0.717) is 45.9 Å². The third-order valence-electron chi connectivity index (χ3n) is 5.75. The van der Waals surface area contributed by atoms with Crippen molar-refractivity contribution in [2.75, 3.05) is 38.8 Å². The quantitative estimate of drug-likeness (QED) is 0.107. The number of hydroxylamine groups is 2. The van der Waals surface area contributed by atoms with Gasteiger partial charge in [0.15, 0.2) is 5.78 Å². The van der Waals surface area contributed by atoms with Gasteiger partial charge in [0, 0.05) is 46.2 Å². The third kappa shape index (κ3) is 11.2. The number of hydrogen-bond acceptors (Lipinski definition) is 7. The number of ketones is 1. The van der Waals surface area contributed by atoms with Crippen LogP contribution in [-0.4, -0.2) is 44.1 Å². The van der Waals surface area contributed by atoms with E-state index in [0.717, 1.165) is 9.54 Å². The summed E-state index contributed by atoms with van der Waals surface area (Å²) in [4.78, 5) is 28.8. The summed E-state index contributed by atoms with van der Waals surface area (Å²) in [5, 5.41) is 1.96. The molecule has 0 aliphatic rings. The van der Waals surface area contributed by atoms with Crippen molar-refractivity contribution in [1.82, 2.24) is 5.06 Å². The Labute approximate surface area is 278 Å². The largest absolute Gasteiger partial charge is 0.493 e. The number of nitrogens with two attached hydrogens (primary N) is 2. The molecule has 0 fully saturated rings. The fraction of sp³-hybridized carbons (Fsp3) is 0.188. The maximum Gasteiger partial charge on any atom is 0.279 e. The minimum Gasteiger partial charge on any atom is -0.493 e. The van der Waals surface area contributed by atoms with Crippen LogP contribution in [0.4, 0.5) is 20.2 Å². The van der Waals surface area contributed by atoms with Crippen molar-refractivity contribution in [3.63, 3.8) is 0 Å². The number of anilines is 2. The molecule has 4 N–H and O–H groups in total. The van der Waals surface area contributed by atoms with Gasteiger partial charge in [-0.25, -0.2) is 13.8 Å². The van der Waals surface area contributed by atoms with Crippen LogP contribution >= 0.6 is 39.1 Å². The van der Waals surface area contributed by atoms with E-state index in [-0.39, 0.29) is 34.4 Å². The van der Waals surface area contributed by atoms with Gasteiger partial charge >= 0.3 is 0 Å². The SMILES string of the molecule is CCOc1cc(F)ccc1Br.CCOc1cc(F)ccc1C(=O)c1cc(Cl)ccc1N.CON(C)C(=O)c1cc(Cl)ccc1N. The van der Waals surface area contributed by atoms with Gasteiger partial charge in [-0.2, -0.15) is 0 Å². The van der Waals surface area contributed by atoms with Gasteiger partial charge in [-0.05, 0) is 90.4 Å². The van der Waals surface area contributed by atoms with Gasteiger partial charge in [0.05, 0.1) is 35.9 Å². The Hall–Kier alpha value is -3.90. The lowest BCUT2D eigenvalue weighted by Crippen LogP contribution is -2.26. The number of carbonyl (C=O) groups excluding carboxylic acids is 2. The second kappa shape index (κ2) is 18.2. The Kier molecular flexibility index (Phi) is 15.0. The van der Waals surface area contributed by atoms with Crippen LogP contribution in [-0.2, 0) is 4.84 Å². The van der Waals surface area contributed by atoms with Crippen molar-refractivity contribution in [3.05, 3.63) is 116 Å². The summed E-state index contributed by atoms with van der Waals surface area (Å²) in [5.74, 6) is -0.689. The molecule has 0 bridgehead atoms. The molecule has 0 atom stereocenters. The van der Waals surface area contributed by atoms with Crippen LogP contribution in [0.15, 0.2) is 77.3 Å². The van der Waals surface area contributed by atoms with Crippen molar-refractivity contribution in [2.24, 2.45) is 0 Å². The van der Waals surface area contributed by atoms with Crippen molar-refractivity contribution < 1.29 is 32.7 Å². The van der Waals surface area contributed by atoms with Crippen molar-refractivity contribution >= 4 is 62.2 Å². The van der Waals surface area contributed by atoms with Crippen LogP contribution in [0, 0.1) is 11.6 Å². The van der Waals surface area contributed by atoms with E-state index in [1.165, 1.54) is 56.6 Å². The van der Waals surface area contributed by atoms with Gasteiger partial charge in [0.1, 0.15) is 23.1 Å². The Morgan fingerprint density at radius 3 is 1.80 bits per heavy atom. The van der Waals surface area contributed by atoms with Gasteiger partial charge in [0.2, 0.25) is 0 Å². The molecule has 4 rings (SSSR count). The summed E-state index contributed by atoms with van der Waals surface area (Å²) in [6.07, 6.45) is 0. The second-order valence-corrected chi connectivity index (χ2v) is 10.6. The minimum atomic E-state index is -0.468. The smallest absolute Gasteiger partial charge is 0.279 e. The maximum atomic E-state index is 13.2. The Morgan fingerprint density at radius 2 is 1.24 bits per heavy atom. The number of ether oxygens (including phenoxy) is 2. The number of nitrogens with zero attached hydrogens (tertiary/aromatic N) is 1. The number of hydrogen-bond donors (Lipinski definition) is 2.